The fourth-order valence-corrected chi connectivity index (χ4v) is 2.51. The molecular weight excluding hydrogens is 300 g/mol. The minimum Gasteiger partial charge on any atom is -0.385 e. The first-order valence-corrected chi connectivity index (χ1v) is 7.81. The summed E-state index contributed by atoms with van der Waals surface area (Å²) in [6.07, 6.45) is 0.742. The summed E-state index contributed by atoms with van der Waals surface area (Å²) in [5.41, 5.74) is 0.954. The van der Waals surface area contributed by atoms with Crippen LogP contribution in [0.2, 0.25) is 0 Å². The van der Waals surface area contributed by atoms with Crippen LogP contribution in [0.5, 0.6) is 0 Å². The van der Waals surface area contributed by atoms with Gasteiger partial charge in [-0.05, 0) is 30.0 Å². The van der Waals surface area contributed by atoms with Gasteiger partial charge in [0.25, 0.3) is 11.8 Å². The minimum atomic E-state index is -0.213. The van der Waals surface area contributed by atoms with E-state index in [2.05, 4.69) is 10.6 Å². The maximum Gasteiger partial charge on any atom is 0.265 e. The van der Waals surface area contributed by atoms with Gasteiger partial charge in [0.1, 0.15) is 0 Å². The molecule has 2 N–H and O–H groups in total. The van der Waals surface area contributed by atoms with Gasteiger partial charge in [0, 0.05) is 20.3 Å². The second-order valence-corrected chi connectivity index (χ2v) is 5.53. The second kappa shape index (κ2) is 8.31. The van der Waals surface area contributed by atoms with Crippen molar-refractivity contribution in [3.63, 3.8) is 0 Å². The number of carbonyl (C=O) groups excluding carboxylic acids is 2. The van der Waals surface area contributed by atoms with Crippen molar-refractivity contribution in [1.29, 1.82) is 0 Å². The molecule has 2 amide bonds. The lowest BCUT2D eigenvalue weighted by molar-refractivity contribution is 0.0949. The lowest BCUT2D eigenvalue weighted by Gasteiger charge is -2.11. The zero-order valence-electron chi connectivity index (χ0n) is 12.3. The zero-order valence-corrected chi connectivity index (χ0v) is 13.1. The highest BCUT2D eigenvalue weighted by atomic mass is 32.1. The number of hydrogen-bond donors (Lipinski definition) is 2. The molecule has 0 atom stereocenters. The van der Waals surface area contributed by atoms with E-state index >= 15 is 0 Å². The van der Waals surface area contributed by atoms with Gasteiger partial charge in [0.2, 0.25) is 0 Å². The Morgan fingerprint density at radius 1 is 1.14 bits per heavy atom. The van der Waals surface area contributed by atoms with Gasteiger partial charge in [0.15, 0.2) is 0 Å². The Morgan fingerprint density at radius 2 is 1.95 bits per heavy atom. The first-order valence-electron chi connectivity index (χ1n) is 6.93. The van der Waals surface area contributed by atoms with Crippen LogP contribution < -0.4 is 10.6 Å². The largest absolute Gasteiger partial charge is 0.385 e. The molecule has 22 heavy (non-hydrogen) atoms. The van der Waals surface area contributed by atoms with Crippen molar-refractivity contribution in [2.24, 2.45) is 0 Å². The van der Waals surface area contributed by atoms with E-state index in [1.54, 1.807) is 37.4 Å². The smallest absolute Gasteiger partial charge is 0.265 e. The Bertz CT molecular complexity index is 626. The summed E-state index contributed by atoms with van der Waals surface area (Å²) in [5, 5.41) is 7.43. The van der Waals surface area contributed by atoms with E-state index in [4.69, 9.17) is 4.74 Å². The molecule has 116 valence electrons. The Morgan fingerprint density at radius 3 is 2.68 bits per heavy atom. The fourth-order valence-electron chi connectivity index (χ4n) is 1.90. The quantitative estimate of drug-likeness (QED) is 0.771. The van der Waals surface area contributed by atoms with Gasteiger partial charge in [-0.15, -0.1) is 11.3 Å². The van der Waals surface area contributed by atoms with E-state index in [9.17, 15) is 9.59 Å². The molecule has 5 nitrogen and oxygen atoms in total. The van der Waals surface area contributed by atoms with Crippen molar-refractivity contribution >= 4 is 28.8 Å². The molecule has 0 aliphatic carbocycles. The molecule has 2 rings (SSSR count). The Kier molecular flexibility index (Phi) is 6.12. The SMILES string of the molecule is COCCCNC(=O)c1ccccc1NC(=O)c1cccs1. The molecule has 0 radical (unpaired) electrons. The van der Waals surface area contributed by atoms with Crippen molar-refractivity contribution in [1.82, 2.24) is 5.32 Å². The van der Waals surface area contributed by atoms with Gasteiger partial charge in [0.05, 0.1) is 16.1 Å². The average molecular weight is 318 g/mol. The first-order chi connectivity index (χ1) is 10.7. The van der Waals surface area contributed by atoms with Gasteiger partial charge in [-0.25, -0.2) is 0 Å². The van der Waals surface area contributed by atoms with Crippen LogP contribution in [0.4, 0.5) is 5.69 Å². The van der Waals surface area contributed by atoms with Crippen LogP contribution in [0.3, 0.4) is 0 Å². The lowest BCUT2D eigenvalue weighted by atomic mass is 10.1. The molecule has 0 aliphatic heterocycles. The fraction of sp³-hybridized carbons (Fsp3) is 0.250. The van der Waals surface area contributed by atoms with Gasteiger partial charge in [-0.2, -0.15) is 0 Å². The third-order valence-electron chi connectivity index (χ3n) is 2.98. The molecule has 1 heterocycles. The van der Waals surface area contributed by atoms with Crippen LogP contribution in [0, 0.1) is 0 Å². The van der Waals surface area contributed by atoms with Crippen molar-refractivity contribution in [2.45, 2.75) is 6.42 Å². The number of carbonyl (C=O) groups is 2. The first kappa shape index (κ1) is 16.2. The molecule has 0 unspecified atom stereocenters. The van der Waals surface area contributed by atoms with Gasteiger partial charge in [-0.1, -0.05) is 18.2 Å². The summed E-state index contributed by atoms with van der Waals surface area (Å²) >= 11 is 1.36. The topological polar surface area (TPSA) is 67.4 Å². The van der Waals surface area contributed by atoms with E-state index in [0.29, 0.717) is 29.3 Å². The lowest BCUT2D eigenvalue weighted by Crippen LogP contribution is -2.26. The molecule has 0 fully saturated rings. The molecule has 6 heteroatoms. The van der Waals surface area contributed by atoms with E-state index in [0.717, 1.165) is 6.42 Å². The molecule has 2 aromatic rings. The monoisotopic (exact) mass is 318 g/mol. The maximum absolute atomic E-state index is 12.2. The van der Waals surface area contributed by atoms with E-state index in [1.165, 1.54) is 11.3 Å². The van der Waals surface area contributed by atoms with Crippen LogP contribution >= 0.6 is 11.3 Å². The number of methoxy groups -OCH3 is 1. The molecular formula is C16H18N2O3S. The number of nitrogens with one attached hydrogen (secondary N) is 2. The van der Waals surface area contributed by atoms with Crippen molar-refractivity contribution in [3.8, 4) is 0 Å². The molecule has 0 aliphatic rings. The molecule has 0 spiro atoms. The van der Waals surface area contributed by atoms with Crippen molar-refractivity contribution in [3.05, 3.63) is 52.2 Å². The van der Waals surface area contributed by atoms with Crippen LogP contribution in [0.15, 0.2) is 41.8 Å². The Labute approximate surface area is 133 Å². The molecule has 0 saturated heterocycles. The standard InChI is InChI=1S/C16H18N2O3S/c1-21-10-5-9-17-15(19)12-6-2-3-7-13(12)18-16(20)14-8-4-11-22-14/h2-4,6-8,11H,5,9-10H2,1H3,(H,17,19)(H,18,20). The van der Waals surface area contributed by atoms with Crippen LogP contribution in [0.25, 0.3) is 0 Å². The summed E-state index contributed by atoms with van der Waals surface area (Å²) in [5.74, 6) is -0.423. The highest BCUT2D eigenvalue weighted by Crippen LogP contribution is 2.17. The number of amides is 2. The molecule has 0 bridgehead atoms. The summed E-state index contributed by atoms with van der Waals surface area (Å²) in [4.78, 5) is 24.9. The van der Waals surface area contributed by atoms with E-state index < -0.39 is 0 Å². The van der Waals surface area contributed by atoms with Crippen LogP contribution in [0.1, 0.15) is 26.5 Å². The Hall–Kier alpha value is -2.18. The number of ether oxygens (including phenoxy) is 1. The van der Waals surface area contributed by atoms with Crippen LogP contribution in [-0.2, 0) is 4.74 Å². The van der Waals surface area contributed by atoms with E-state index in [-0.39, 0.29) is 11.8 Å². The number of rotatable bonds is 7. The maximum atomic E-state index is 12.2. The minimum absolute atomic E-state index is 0.210. The molecule has 0 saturated carbocycles. The van der Waals surface area contributed by atoms with Crippen LogP contribution in [-0.4, -0.2) is 32.1 Å². The normalized spacial score (nSPS) is 10.2. The highest BCUT2D eigenvalue weighted by molar-refractivity contribution is 7.12. The number of para-hydroxylation sites is 1. The predicted molar refractivity (Wildman–Crippen MR) is 87.5 cm³/mol. The van der Waals surface area contributed by atoms with E-state index in [1.807, 2.05) is 11.4 Å². The zero-order chi connectivity index (χ0) is 15.8. The number of thiophene rings is 1. The summed E-state index contributed by atoms with van der Waals surface area (Å²) in [6, 6.07) is 10.5. The highest BCUT2D eigenvalue weighted by Gasteiger charge is 2.14. The van der Waals surface area contributed by atoms with Gasteiger partial charge >= 0.3 is 0 Å². The summed E-state index contributed by atoms with van der Waals surface area (Å²) < 4.78 is 4.94. The second-order valence-electron chi connectivity index (χ2n) is 4.58. The average Bonchev–Trinajstić information content (AvgIpc) is 3.06. The van der Waals surface area contributed by atoms with Gasteiger partial charge < -0.3 is 15.4 Å². The number of hydrogen-bond acceptors (Lipinski definition) is 4. The predicted octanol–water partition coefficient (Wildman–Crippen LogP) is 2.77. The summed E-state index contributed by atoms with van der Waals surface area (Å²) in [7, 11) is 1.62. The number of benzene rings is 1. The number of anilines is 1. The van der Waals surface area contributed by atoms with Crippen molar-refractivity contribution in [2.75, 3.05) is 25.6 Å². The third kappa shape index (κ3) is 4.41. The third-order valence-corrected chi connectivity index (χ3v) is 3.84. The summed E-state index contributed by atoms with van der Waals surface area (Å²) in [6.45, 7) is 1.12. The molecule has 1 aromatic carbocycles. The van der Waals surface area contributed by atoms with Crippen molar-refractivity contribution < 1.29 is 14.3 Å². The van der Waals surface area contributed by atoms with Gasteiger partial charge in [-0.3, -0.25) is 9.59 Å². The Balaban J connectivity index is 2.03. The molecule has 1 aromatic heterocycles.